The first-order valence-electron chi connectivity index (χ1n) is 8.28. The summed E-state index contributed by atoms with van der Waals surface area (Å²) in [7, 11) is 0. The van der Waals surface area contributed by atoms with Gasteiger partial charge in [0.25, 0.3) is 5.91 Å². The second-order valence-electron chi connectivity index (χ2n) is 6.14. The fourth-order valence-corrected chi connectivity index (χ4v) is 2.67. The van der Waals surface area contributed by atoms with Crippen LogP contribution in [-0.4, -0.2) is 21.0 Å². The van der Waals surface area contributed by atoms with Crippen LogP contribution in [0.5, 0.6) is 0 Å². The van der Waals surface area contributed by atoms with Gasteiger partial charge >= 0.3 is 0 Å². The molecule has 0 fully saturated rings. The highest BCUT2D eigenvalue weighted by molar-refractivity contribution is 6.03. The van der Waals surface area contributed by atoms with Crippen molar-refractivity contribution < 1.29 is 13.7 Å². The third-order valence-corrected chi connectivity index (χ3v) is 4.19. The molecule has 0 aliphatic heterocycles. The molecule has 2 aromatic heterocycles. The Morgan fingerprint density at radius 1 is 1.00 bits per heavy atom. The largest absolute Gasteiger partial charge is 0.350 e. The van der Waals surface area contributed by atoms with Crippen LogP contribution in [0.15, 0.2) is 53.1 Å². The van der Waals surface area contributed by atoms with Crippen molar-refractivity contribution in [2.24, 2.45) is 0 Å². The van der Waals surface area contributed by atoms with Gasteiger partial charge in [0.2, 0.25) is 5.76 Å². The highest BCUT2D eigenvalue weighted by Gasteiger charge is 2.15. The van der Waals surface area contributed by atoms with Gasteiger partial charge in [0.15, 0.2) is 0 Å². The van der Waals surface area contributed by atoms with E-state index in [1.807, 2.05) is 13.8 Å². The molecule has 0 unspecified atom stereocenters. The lowest BCUT2D eigenvalue weighted by atomic mass is 10.1. The summed E-state index contributed by atoms with van der Waals surface area (Å²) in [5.41, 5.74) is 4.62. The molecule has 0 aliphatic rings. The molecule has 134 valence electrons. The molecule has 0 saturated heterocycles. The SMILES string of the molecule is Cc1nc2ccc(NC(=O)c3cc(-c4cccc(F)c4)no3)cc2nc1C. The maximum Gasteiger partial charge on any atom is 0.294 e. The zero-order valence-corrected chi connectivity index (χ0v) is 14.7. The number of nitrogens with one attached hydrogen (secondary N) is 1. The number of carbonyl (C=O) groups excluding carboxylic acids is 1. The number of amides is 1. The number of benzene rings is 2. The fourth-order valence-electron chi connectivity index (χ4n) is 2.67. The molecule has 4 aromatic rings. The summed E-state index contributed by atoms with van der Waals surface area (Å²) in [6.07, 6.45) is 0. The van der Waals surface area contributed by atoms with E-state index >= 15 is 0 Å². The number of hydrogen-bond acceptors (Lipinski definition) is 5. The van der Waals surface area contributed by atoms with Crippen LogP contribution in [0, 0.1) is 19.7 Å². The van der Waals surface area contributed by atoms with Crippen LogP contribution in [0.2, 0.25) is 0 Å². The van der Waals surface area contributed by atoms with Crippen LogP contribution in [0.1, 0.15) is 21.9 Å². The Hall–Kier alpha value is -3.61. The molecule has 2 aromatic carbocycles. The Labute approximate surface area is 154 Å². The molecule has 0 atom stereocenters. The number of hydrogen-bond donors (Lipinski definition) is 1. The quantitative estimate of drug-likeness (QED) is 0.588. The highest BCUT2D eigenvalue weighted by Crippen LogP contribution is 2.22. The van der Waals surface area contributed by atoms with Crippen LogP contribution >= 0.6 is 0 Å². The number of carbonyl (C=O) groups is 1. The Morgan fingerprint density at radius 2 is 1.78 bits per heavy atom. The van der Waals surface area contributed by atoms with Gasteiger partial charge in [-0.05, 0) is 44.2 Å². The summed E-state index contributed by atoms with van der Waals surface area (Å²) >= 11 is 0. The van der Waals surface area contributed by atoms with Crippen molar-refractivity contribution in [3.63, 3.8) is 0 Å². The van der Waals surface area contributed by atoms with Crippen molar-refractivity contribution in [3.05, 3.63) is 71.5 Å². The summed E-state index contributed by atoms with van der Waals surface area (Å²) < 4.78 is 18.4. The van der Waals surface area contributed by atoms with E-state index in [0.717, 1.165) is 16.9 Å². The van der Waals surface area contributed by atoms with Gasteiger partial charge in [0.05, 0.1) is 22.4 Å². The molecular formula is C20H15FN4O2. The predicted octanol–water partition coefficient (Wildman–Crippen LogP) is 4.29. The van der Waals surface area contributed by atoms with Crippen molar-refractivity contribution in [2.45, 2.75) is 13.8 Å². The number of halogens is 1. The lowest BCUT2D eigenvalue weighted by Gasteiger charge is -2.06. The van der Waals surface area contributed by atoms with Gasteiger partial charge in [-0.15, -0.1) is 0 Å². The van der Waals surface area contributed by atoms with Gasteiger partial charge in [0.1, 0.15) is 11.5 Å². The molecule has 0 bridgehead atoms. The molecule has 0 aliphatic carbocycles. The topological polar surface area (TPSA) is 80.9 Å². The Morgan fingerprint density at radius 3 is 2.56 bits per heavy atom. The smallest absolute Gasteiger partial charge is 0.294 e. The van der Waals surface area contributed by atoms with Crippen LogP contribution < -0.4 is 5.32 Å². The van der Waals surface area contributed by atoms with Crippen molar-refractivity contribution in [1.82, 2.24) is 15.1 Å². The molecule has 7 heteroatoms. The molecular weight excluding hydrogens is 347 g/mol. The zero-order chi connectivity index (χ0) is 19.0. The van der Waals surface area contributed by atoms with Crippen molar-refractivity contribution >= 4 is 22.6 Å². The van der Waals surface area contributed by atoms with E-state index in [1.165, 1.54) is 18.2 Å². The number of aromatic nitrogens is 3. The second-order valence-corrected chi connectivity index (χ2v) is 6.14. The van der Waals surface area contributed by atoms with Gasteiger partial charge in [-0.3, -0.25) is 4.79 Å². The molecule has 2 heterocycles. The number of anilines is 1. The predicted molar refractivity (Wildman–Crippen MR) is 98.9 cm³/mol. The third-order valence-electron chi connectivity index (χ3n) is 4.19. The average molecular weight is 362 g/mol. The van der Waals surface area contributed by atoms with Crippen LogP contribution in [0.4, 0.5) is 10.1 Å². The molecule has 1 N–H and O–H groups in total. The monoisotopic (exact) mass is 362 g/mol. The lowest BCUT2D eigenvalue weighted by Crippen LogP contribution is -2.11. The second kappa shape index (κ2) is 6.60. The Kier molecular flexibility index (Phi) is 4.12. The van der Waals surface area contributed by atoms with Crippen LogP contribution in [0.25, 0.3) is 22.3 Å². The molecule has 0 spiro atoms. The number of nitrogens with zero attached hydrogens (tertiary/aromatic N) is 3. The molecule has 1 amide bonds. The van der Waals surface area contributed by atoms with Crippen molar-refractivity contribution in [2.75, 3.05) is 5.32 Å². The summed E-state index contributed by atoms with van der Waals surface area (Å²) in [5, 5.41) is 6.58. The molecule has 4 rings (SSSR count). The van der Waals surface area contributed by atoms with E-state index in [4.69, 9.17) is 4.52 Å². The first-order valence-corrected chi connectivity index (χ1v) is 8.28. The van der Waals surface area contributed by atoms with Gasteiger partial charge in [0, 0.05) is 17.3 Å². The number of aryl methyl sites for hydroxylation is 2. The molecule has 0 radical (unpaired) electrons. The normalized spacial score (nSPS) is 10.9. The van der Waals surface area contributed by atoms with Crippen LogP contribution in [0.3, 0.4) is 0 Å². The first kappa shape index (κ1) is 16.8. The van der Waals surface area contributed by atoms with E-state index in [0.29, 0.717) is 22.5 Å². The number of rotatable bonds is 3. The molecule has 27 heavy (non-hydrogen) atoms. The van der Waals surface area contributed by atoms with E-state index < -0.39 is 5.91 Å². The van der Waals surface area contributed by atoms with Gasteiger partial charge in [-0.1, -0.05) is 17.3 Å². The van der Waals surface area contributed by atoms with Gasteiger partial charge < -0.3 is 9.84 Å². The van der Waals surface area contributed by atoms with Crippen molar-refractivity contribution in [3.8, 4) is 11.3 Å². The molecule has 6 nitrogen and oxygen atoms in total. The zero-order valence-electron chi connectivity index (χ0n) is 14.7. The summed E-state index contributed by atoms with van der Waals surface area (Å²) in [6.45, 7) is 3.78. The minimum absolute atomic E-state index is 0.0283. The Bertz CT molecular complexity index is 1170. The summed E-state index contributed by atoms with van der Waals surface area (Å²) in [4.78, 5) is 21.4. The molecule has 0 saturated carbocycles. The van der Waals surface area contributed by atoms with Gasteiger partial charge in [-0.25, -0.2) is 14.4 Å². The number of fused-ring (bicyclic) bond motifs is 1. The van der Waals surface area contributed by atoms with E-state index in [-0.39, 0.29) is 11.6 Å². The maximum atomic E-state index is 13.3. The fraction of sp³-hybridized carbons (Fsp3) is 0.100. The summed E-state index contributed by atoms with van der Waals surface area (Å²) in [5.74, 6) is -0.814. The lowest BCUT2D eigenvalue weighted by molar-refractivity contribution is 0.0988. The van der Waals surface area contributed by atoms with E-state index in [9.17, 15) is 9.18 Å². The minimum atomic E-state index is -0.457. The Balaban J connectivity index is 1.57. The minimum Gasteiger partial charge on any atom is -0.350 e. The van der Waals surface area contributed by atoms with Gasteiger partial charge in [-0.2, -0.15) is 0 Å². The maximum absolute atomic E-state index is 13.3. The summed E-state index contributed by atoms with van der Waals surface area (Å²) in [6, 6.07) is 12.7. The van der Waals surface area contributed by atoms with Crippen LogP contribution in [-0.2, 0) is 0 Å². The highest BCUT2D eigenvalue weighted by atomic mass is 19.1. The van der Waals surface area contributed by atoms with E-state index in [2.05, 4.69) is 20.4 Å². The first-order chi connectivity index (χ1) is 13.0. The standard InChI is InChI=1S/C20H15FN4O2/c1-11-12(2)23-18-9-15(6-7-16(18)22-11)24-20(26)19-10-17(25-27-19)13-4-3-5-14(21)8-13/h3-10H,1-2H3,(H,24,26). The van der Waals surface area contributed by atoms with E-state index in [1.54, 1.807) is 30.3 Å². The van der Waals surface area contributed by atoms with Crippen molar-refractivity contribution in [1.29, 1.82) is 0 Å². The average Bonchev–Trinajstić information content (AvgIpc) is 3.13. The third kappa shape index (κ3) is 3.39.